The van der Waals surface area contributed by atoms with Crippen LogP contribution in [0.15, 0.2) is 34.6 Å². The normalized spacial score (nSPS) is 10.8. The molecule has 0 spiro atoms. The molecule has 1 heterocycles. The largest absolute Gasteiger partial charge is 0.355 e. The van der Waals surface area contributed by atoms with Crippen LogP contribution in [0.3, 0.4) is 0 Å². The van der Waals surface area contributed by atoms with Crippen LogP contribution in [-0.2, 0) is 13.1 Å². The second-order valence-electron chi connectivity index (χ2n) is 5.39. The fourth-order valence-electron chi connectivity index (χ4n) is 2.28. The second-order valence-corrected chi connectivity index (χ2v) is 6.45. The number of hydrogen-bond acceptors (Lipinski definition) is 4. The molecule has 0 radical (unpaired) electrons. The molecule has 0 saturated carbocycles. The van der Waals surface area contributed by atoms with Crippen LogP contribution in [0, 0.1) is 6.92 Å². The Morgan fingerprint density at radius 3 is 2.52 bits per heavy atom. The molecule has 0 fully saturated rings. The van der Waals surface area contributed by atoms with Gasteiger partial charge in [0.2, 0.25) is 0 Å². The van der Waals surface area contributed by atoms with E-state index < -0.39 is 0 Å². The number of aromatic nitrogens is 1. The SMILES string of the molecule is CN=C(NCc1ccc(C(=O)NC)cc1)N(C)Cc1csc(C)n1.I. The molecule has 0 saturated heterocycles. The van der Waals surface area contributed by atoms with E-state index in [0.29, 0.717) is 18.7 Å². The summed E-state index contributed by atoms with van der Waals surface area (Å²) >= 11 is 1.65. The summed E-state index contributed by atoms with van der Waals surface area (Å²) in [6, 6.07) is 7.52. The zero-order chi connectivity index (χ0) is 17.5. The highest BCUT2D eigenvalue weighted by Crippen LogP contribution is 2.10. The van der Waals surface area contributed by atoms with Gasteiger partial charge < -0.3 is 15.5 Å². The van der Waals surface area contributed by atoms with Crippen LogP contribution in [0.5, 0.6) is 0 Å². The molecule has 0 unspecified atom stereocenters. The number of benzene rings is 1. The Morgan fingerprint density at radius 2 is 2.00 bits per heavy atom. The van der Waals surface area contributed by atoms with Gasteiger partial charge in [0.1, 0.15) is 0 Å². The van der Waals surface area contributed by atoms with Crippen molar-refractivity contribution in [2.45, 2.75) is 20.0 Å². The van der Waals surface area contributed by atoms with E-state index in [1.165, 1.54) is 0 Å². The van der Waals surface area contributed by atoms with Gasteiger partial charge in [-0.1, -0.05) is 12.1 Å². The average Bonchev–Trinajstić information content (AvgIpc) is 3.00. The Balaban J connectivity index is 0.00000312. The summed E-state index contributed by atoms with van der Waals surface area (Å²) in [5, 5.41) is 9.07. The first-order valence-electron chi connectivity index (χ1n) is 7.67. The Bertz CT molecular complexity index is 714. The van der Waals surface area contributed by atoms with Crippen LogP contribution in [0.4, 0.5) is 0 Å². The van der Waals surface area contributed by atoms with Gasteiger partial charge in [-0.05, 0) is 24.6 Å². The van der Waals surface area contributed by atoms with Gasteiger partial charge in [0.15, 0.2) is 5.96 Å². The molecular weight excluding hydrogens is 449 g/mol. The number of aliphatic imine (C=N–C) groups is 1. The third-order valence-electron chi connectivity index (χ3n) is 3.53. The summed E-state index contributed by atoms with van der Waals surface area (Å²) in [5.41, 5.74) is 2.78. The van der Waals surface area contributed by atoms with Gasteiger partial charge in [-0.15, -0.1) is 35.3 Å². The van der Waals surface area contributed by atoms with E-state index in [2.05, 4.69) is 26.0 Å². The number of thiazole rings is 1. The molecule has 1 amide bonds. The zero-order valence-electron chi connectivity index (χ0n) is 14.9. The lowest BCUT2D eigenvalue weighted by molar-refractivity contribution is 0.0963. The van der Waals surface area contributed by atoms with Crippen LogP contribution in [0.1, 0.15) is 26.6 Å². The number of hydrogen-bond donors (Lipinski definition) is 2. The molecule has 2 aromatic rings. The van der Waals surface area contributed by atoms with E-state index >= 15 is 0 Å². The van der Waals surface area contributed by atoms with E-state index in [4.69, 9.17) is 0 Å². The minimum absolute atomic E-state index is 0. The predicted octanol–water partition coefficient (Wildman–Crippen LogP) is 2.64. The molecule has 2 rings (SSSR count). The molecule has 2 N–H and O–H groups in total. The van der Waals surface area contributed by atoms with E-state index in [0.717, 1.165) is 22.2 Å². The summed E-state index contributed by atoms with van der Waals surface area (Å²) in [4.78, 5) is 22.4. The van der Waals surface area contributed by atoms with Crippen LogP contribution >= 0.6 is 35.3 Å². The number of aryl methyl sites for hydroxylation is 1. The molecule has 0 aliphatic heterocycles. The number of carbonyl (C=O) groups excluding carboxylic acids is 1. The van der Waals surface area contributed by atoms with Gasteiger partial charge in [0.25, 0.3) is 5.91 Å². The molecule has 1 aromatic heterocycles. The molecule has 8 heteroatoms. The van der Waals surface area contributed by atoms with Crippen molar-refractivity contribution < 1.29 is 4.79 Å². The van der Waals surface area contributed by atoms with E-state index in [1.54, 1.807) is 25.4 Å². The monoisotopic (exact) mass is 473 g/mol. The number of nitrogens with one attached hydrogen (secondary N) is 2. The molecular formula is C17H24IN5OS. The van der Waals surface area contributed by atoms with Crippen molar-refractivity contribution in [3.05, 3.63) is 51.5 Å². The first kappa shape index (κ1) is 21.4. The Kier molecular flexibility index (Phi) is 8.84. The van der Waals surface area contributed by atoms with E-state index in [9.17, 15) is 4.79 Å². The summed E-state index contributed by atoms with van der Waals surface area (Å²) in [6.07, 6.45) is 0. The third-order valence-corrected chi connectivity index (χ3v) is 4.36. The van der Waals surface area contributed by atoms with Crippen molar-refractivity contribution in [3.63, 3.8) is 0 Å². The van der Waals surface area contributed by atoms with Gasteiger partial charge >= 0.3 is 0 Å². The maximum atomic E-state index is 11.5. The topological polar surface area (TPSA) is 69.6 Å². The van der Waals surface area contributed by atoms with Crippen molar-refractivity contribution in [2.75, 3.05) is 21.1 Å². The first-order chi connectivity index (χ1) is 11.5. The van der Waals surface area contributed by atoms with E-state index in [1.807, 2.05) is 43.1 Å². The zero-order valence-corrected chi connectivity index (χ0v) is 18.0. The number of halogens is 1. The van der Waals surface area contributed by atoms with Crippen molar-refractivity contribution in [1.29, 1.82) is 0 Å². The number of rotatable bonds is 5. The standard InChI is InChI=1S/C17H23N5OS.HI/c1-12-21-15(11-24-12)10-22(4)17(19-3)20-9-13-5-7-14(8-6-13)16(23)18-2;/h5-8,11H,9-10H2,1-4H3,(H,18,23)(H,19,20);1H. The first-order valence-corrected chi connectivity index (χ1v) is 8.55. The Morgan fingerprint density at radius 1 is 1.32 bits per heavy atom. The molecule has 0 aliphatic rings. The highest BCUT2D eigenvalue weighted by molar-refractivity contribution is 14.0. The Labute approximate surface area is 169 Å². The molecule has 0 bridgehead atoms. The van der Waals surface area contributed by atoms with Crippen LogP contribution in [-0.4, -0.2) is 42.9 Å². The third kappa shape index (κ3) is 6.28. The quantitative estimate of drug-likeness (QED) is 0.398. The summed E-state index contributed by atoms with van der Waals surface area (Å²) in [7, 11) is 5.37. The predicted molar refractivity (Wildman–Crippen MR) is 114 cm³/mol. The molecule has 25 heavy (non-hydrogen) atoms. The minimum atomic E-state index is -0.0800. The van der Waals surface area contributed by atoms with Gasteiger partial charge in [0.05, 0.1) is 17.2 Å². The van der Waals surface area contributed by atoms with Crippen molar-refractivity contribution in [2.24, 2.45) is 4.99 Å². The number of nitrogens with zero attached hydrogens (tertiary/aromatic N) is 3. The molecule has 0 atom stereocenters. The van der Waals surface area contributed by atoms with Gasteiger partial charge in [-0.25, -0.2) is 4.98 Å². The van der Waals surface area contributed by atoms with Gasteiger partial charge in [-0.2, -0.15) is 0 Å². The summed E-state index contributed by atoms with van der Waals surface area (Å²) < 4.78 is 0. The molecule has 6 nitrogen and oxygen atoms in total. The molecule has 136 valence electrons. The number of guanidine groups is 1. The van der Waals surface area contributed by atoms with E-state index in [-0.39, 0.29) is 29.9 Å². The highest BCUT2D eigenvalue weighted by Gasteiger charge is 2.09. The van der Waals surface area contributed by atoms with Gasteiger partial charge in [-0.3, -0.25) is 9.79 Å². The number of carbonyl (C=O) groups is 1. The van der Waals surface area contributed by atoms with Crippen molar-refractivity contribution >= 4 is 47.2 Å². The maximum Gasteiger partial charge on any atom is 0.251 e. The van der Waals surface area contributed by atoms with Gasteiger partial charge in [0, 0.05) is 38.6 Å². The maximum absolute atomic E-state index is 11.5. The van der Waals surface area contributed by atoms with Crippen molar-refractivity contribution in [1.82, 2.24) is 20.5 Å². The van der Waals surface area contributed by atoms with Crippen LogP contribution < -0.4 is 10.6 Å². The highest BCUT2D eigenvalue weighted by atomic mass is 127. The lowest BCUT2D eigenvalue weighted by atomic mass is 10.1. The minimum Gasteiger partial charge on any atom is -0.355 e. The fourth-order valence-corrected chi connectivity index (χ4v) is 2.89. The van der Waals surface area contributed by atoms with Crippen molar-refractivity contribution in [3.8, 4) is 0 Å². The summed E-state index contributed by atoms with van der Waals surface area (Å²) in [6.45, 7) is 3.35. The fraction of sp³-hybridized carbons (Fsp3) is 0.353. The summed E-state index contributed by atoms with van der Waals surface area (Å²) in [5.74, 6) is 0.722. The van der Waals surface area contributed by atoms with Crippen LogP contribution in [0.2, 0.25) is 0 Å². The van der Waals surface area contributed by atoms with Crippen LogP contribution in [0.25, 0.3) is 0 Å². The average molecular weight is 473 g/mol. The number of amides is 1. The Hall–Kier alpha value is -1.68. The lowest BCUT2D eigenvalue weighted by Crippen LogP contribution is -2.38. The molecule has 0 aliphatic carbocycles. The smallest absolute Gasteiger partial charge is 0.251 e. The second kappa shape index (κ2) is 10.3. The molecule has 1 aromatic carbocycles. The lowest BCUT2D eigenvalue weighted by Gasteiger charge is -2.21.